The van der Waals surface area contributed by atoms with E-state index >= 15 is 0 Å². The molecule has 1 amide bonds. The number of nitrogens with one attached hydrogen (secondary N) is 1. The van der Waals surface area contributed by atoms with Crippen molar-refractivity contribution >= 4 is 12.3 Å². The minimum atomic E-state index is -0.484. The second kappa shape index (κ2) is 6.03. The van der Waals surface area contributed by atoms with Crippen molar-refractivity contribution in [2.24, 2.45) is 5.10 Å². The van der Waals surface area contributed by atoms with E-state index in [2.05, 4.69) is 15.3 Å². The second-order valence-electron chi connectivity index (χ2n) is 1.02. The van der Waals surface area contributed by atoms with E-state index in [0.29, 0.717) is 0 Å². The van der Waals surface area contributed by atoms with E-state index in [1.54, 1.807) is 0 Å². The molecule has 5 nitrogen and oxygen atoms in total. The first kappa shape index (κ1) is 11.7. The van der Waals surface area contributed by atoms with Gasteiger partial charge in [-0.2, -0.15) is 5.10 Å². The zero-order chi connectivity index (χ0) is 5.11. The fourth-order valence-corrected chi connectivity index (χ4v) is 0.281. The largest absolute Gasteiger partial charge is 1.00 e. The Morgan fingerprint density at radius 1 is 1.78 bits per heavy atom. The fourth-order valence-electron chi connectivity index (χ4n) is 0.281. The van der Waals surface area contributed by atoms with Crippen LogP contribution in [0.3, 0.4) is 0 Å². The van der Waals surface area contributed by atoms with Crippen LogP contribution in [0, 0.1) is 0 Å². The maximum atomic E-state index is 10.0. The summed E-state index contributed by atoms with van der Waals surface area (Å²) in [6.45, 7) is 0.284. The molecule has 0 aromatic carbocycles. The van der Waals surface area contributed by atoms with Gasteiger partial charge in [-0.3, -0.25) is 0 Å². The molecule has 0 fully saturated rings. The van der Waals surface area contributed by atoms with Gasteiger partial charge < -0.3 is 10.2 Å². The molecule has 0 unspecified atom stereocenters. The van der Waals surface area contributed by atoms with Crippen LogP contribution in [0.15, 0.2) is 5.10 Å². The minimum Gasteiger partial charge on any atom is -0.870 e. The van der Waals surface area contributed by atoms with Crippen molar-refractivity contribution in [3.05, 3.63) is 0 Å². The number of hydrogen-bond donors (Lipinski definition) is 1. The van der Waals surface area contributed by atoms with Gasteiger partial charge in [0.05, 0.1) is 6.21 Å². The molecule has 0 spiro atoms. The number of nitrogens with zero attached hydrogens (tertiary/aromatic N) is 1. The Labute approximate surface area is 74.0 Å². The van der Waals surface area contributed by atoms with Crippen LogP contribution in [0.2, 0.25) is 0 Å². The van der Waals surface area contributed by atoms with Gasteiger partial charge in [-0.25, -0.2) is 10.2 Å². The summed E-state index contributed by atoms with van der Waals surface area (Å²) in [7, 11) is 0. The zero-order valence-electron chi connectivity index (χ0n) is 5.00. The summed E-state index contributed by atoms with van der Waals surface area (Å²) < 4.78 is 4.38. The number of ether oxygens (including phenoxy) is 1. The Morgan fingerprint density at radius 3 is 2.67 bits per heavy atom. The first-order valence-corrected chi connectivity index (χ1v) is 1.84. The Bertz CT molecular complexity index is 116. The quantitative estimate of drug-likeness (QED) is 0.355. The summed E-state index contributed by atoms with van der Waals surface area (Å²) in [5.74, 6) is 0. The number of cyclic esters (lactones) is 1. The van der Waals surface area contributed by atoms with E-state index in [-0.39, 0.29) is 41.6 Å². The zero-order valence-corrected chi connectivity index (χ0v) is 7.00. The first-order valence-electron chi connectivity index (χ1n) is 1.84. The van der Waals surface area contributed by atoms with E-state index < -0.39 is 6.09 Å². The van der Waals surface area contributed by atoms with E-state index in [1.165, 1.54) is 6.21 Å². The second-order valence-corrected chi connectivity index (χ2v) is 1.02. The van der Waals surface area contributed by atoms with Gasteiger partial charge >= 0.3 is 35.7 Å². The predicted molar refractivity (Wildman–Crippen MR) is 24.9 cm³/mol. The molecule has 2 N–H and O–H groups in total. The molecule has 1 heterocycles. The number of carbonyl (C=O) groups excluding carboxylic acids is 1. The van der Waals surface area contributed by atoms with Gasteiger partial charge in [0.25, 0.3) is 0 Å². The molecule has 0 saturated carbocycles. The van der Waals surface area contributed by atoms with Crippen molar-refractivity contribution in [2.45, 2.75) is 0 Å². The van der Waals surface area contributed by atoms with E-state index in [9.17, 15) is 4.79 Å². The molecule has 1 aliphatic rings. The number of rotatable bonds is 0. The molecule has 6 heteroatoms. The smallest absolute Gasteiger partial charge is 0.870 e. The molecule has 1 aliphatic heterocycles. The SMILES string of the molecule is O=C1NN=CCO1.[Na+].[OH-]. The molecular weight excluding hydrogens is 135 g/mol. The van der Waals surface area contributed by atoms with Crippen molar-refractivity contribution in [1.29, 1.82) is 0 Å². The fraction of sp³-hybridized carbons (Fsp3) is 0.333. The van der Waals surface area contributed by atoms with Crippen LogP contribution < -0.4 is 35.0 Å². The van der Waals surface area contributed by atoms with Crippen LogP contribution in [-0.2, 0) is 4.74 Å². The van der Waals surface area contributed by atoms with Crippen LogP contribution in [0.4, 0.5) is 4.79 Å². The molecule has 46 valence electrons. The van der Waals surface area contributed by atoms with Gasteiger partial charge in [0.2, 0.25) is 0 Å². The average molecular weight is 140 g/mol. The van der Waals surface area contributed by atoms with Gasteiger partial charge in [-0.15, -0.1) is 0 Å². The molecule has 0 bridgehead atoms. The predicted octanol–water partition coefficient (Wildman–Crippen LogP) is -3.46. The molecule has 0 radical (unpaired) electrons. The minimum absolute atomic E-state index is 0. The summed E-state index contributed by atoms with van der Waals surface area (Å²) in [5.41, 5.74) is 2.09. The van der Waals surface area contributed by atoms with Crippen LogP contribution in [0.5, 0.6) is 0 Å². The standard InChI is InChI=1S/C3H4N2O2.Na.H2O/c6-3-5-4-1-2-7-3;;/h1H,2H2,(H,5,6);;1H2/q;+1;/p-1. The topological polar surface area (TPSA) is 80.7 Å². The van der Waals surface area contributed by atoms with E-state index in [1.807, 2.05) is 0 Å². The van der Waals surface area contributed by atoms with Gasteiger partial charge in [-0.1, -0.05) is 0 Å². The van der Waals surface area contributed by atoms with Crippen LogP contribution in [-0.4, -0.2) is 24.4 Å². The Hall–Kier alpha value is -0.100. The third-order valence-corrected chi connectivity index (χ3v) is 0.536. The normalized spacial score (nSPS) is 14.0. The third-order valence-electron chi connectivity index (χ3n) is 0.536. The van der Waals surface area contributed by atoms with Crippen LogP contribution in [0.1, 0.15) is 0 Å². The number of hydrazone groups is 1. The molecule has 9 heavy (non-hydrogen) atoms. The molecule has 0 saturated heterocycles. The monoisotopic (exact) mass is 140 g/mol. The summed E-state index contributed by atoms with van der Waals surface area (Å²) in [6.07, 6.45) is 0.990. The van der Waals surface area contributed by atoms with Gasteiger partial charge in [0.15, 0.2) is 0 Å². The summed E-state index contributed by atoms with van der Waals surface area (Å²) in [6, 6.07) is 0. The van der Waals surface area contributed by atoms with Crippen molar-refractivity contribution in [2.75, 3.05) is 6.61 Å². The molecule has 0 atom stereocenters. The Kier molecular flexibility index (Phi) is 7.81. The number of amides is 1. The maximum Gasteiger partial charge on any atom is 1.00 e. The van der Waals surface area contributed by atoms with Crippen LogP contribution in [0.25, 0.3) is 0 Å². The van der Waals surface area contributed by atoms with Crippen molar-refractivity contribution in [1.82, 2.24) is 5.43 Å². The molecule has 0 aliphatic carbocycles. The van der Waals surface area contributed by atoms with Gasteiger partial charge in [0, 0.05) is 0 Å². The maximum absolute atomic E-state index is 10.0. The summed E-state index contributed by atoms with van der Waals surface area (Å²) in [5, 5.41) is 3.41. The summed E-state index contributed by atoms with van der Waals surface area (Å²) in [4.78, 5) is 10.0. The van der Waals surface area contributed by atoms with Crippen molar-refractivity contribution in [3.8, 4) is 0 Å². The van der Waals surface area contributed by atoms with Gasteiger partial charge in [0.1, 0.15) is 6.61 Å². The van der Waals surface area contributed by atoms with Crippen molar-refractivity contribution < 1.29 is 44.6 Å². The van der Waals surface area contributed by atoms with Crippen molar-refractivity contribution in [3.63, 3.8) is 0 Å². The van der Waals surface area contributed by atoms with Crippen LogP contribution >= 0.6 is 0 Å². The Morgan fingerprint density at radius 2 is 2.44 bits per heavy atom. The Balaban J connectivity index is 0. The van der Waals surface area contributed by atoms with E-state index in [4.69, 9.17) is 0 Å². The first-order chi connectivity index (χ1) is 3.39. The van der Waals surface area contributed by atoms with Gasteiger partial charge in [-0.05, 0) is 0 Å². The average Bonchev–Trinajstić information content (AvgIpc) is 1.69. The van der Waals surface area contributed by atoms with E-state index in [0.717, 1.165) is 0 Å². The molecule has 0 aromatic rings. The third kappa shape index (κ3) is 4.41. The molecule has 0 aromatic heterocycles. The molecule has 1 rings (SSSR count). The number of carbonyl (C=O) groups is 1. The number of hydrogen-bond acceptors (Lipinski definition) is 4. The molecular formula is C3H5N2NaO3. The summed E-state index contributed by atoms with van der Waals surface area (Å²) >= 11 is 0.